The van der Waals surface area contributed by atoms with E-state index in [-0.39, 0.29) is 11.3 Å². The second-order valence-electron chi connectivity index (χ2n) is 6.97. The maximum atomic E-state index is 12.8. The molecular weight excluding hydrogens is 368 g/mol. The summed E-state index contributed by atoms with van der Waals surface area (Å²) in [5.74, 6) is -1.20. The van der Waals surface area contributed by atoms with Crippen LogP contribution in [0.25, 0.3) is 11.2 Å². The average Bonchev–Trinajstić information content (AvgIpc) is 3.28. The van der Waals surface area contributed by atoms with E-state index in [1.165, 1.54) is 14.2 Å². The highest BCUT2D eigenvalue weighted by molar-refractivity contribution is 6.10. The molecule has 3 rings (SSSR count). The topological polar surface area (TPSA) is 61.9 Å². The summed E-state index contributed by atoms with van der Waals surface area (Å²) in [7, 11) is 2.60. The van der Waals surface area contributed by atoms with Gasteiger partial charge in [0.1, 0.15) is 16.9 Å². The van der Waals surface area contributed by atoms with Gasteiger partial charge < -0.3 is 14.0 Å². The Hall–Kier alpha value is -3.28. The Balaban J connectivity index is 2.35. The van der Waals surface area contributed by atoms with Crippen LogP contribution >= 0.6 is 0 Å². The first-order valence-electron chi connectivity index (χ1n) is 9.60. The molecule has 6 heteroatoms. The molecule has 0 aliphatic carbocycles. The molecule has 0 saturated heterocycles. The third kappa shape index (κ3) is 3.58. The number of carbonyl (C=O) groups excluding carboxylic acids is 2. The number of ether oxygens (including phenoxy) is 2. The van der Waals surface area contributed by atoms with E-state index in [1.54, 1.807) is 10.6 Å². The van der Waals surface area contributed by atoms with Gasteiger partial charge in [-0.25, -0.2) is 9.59 Å². The molecule has 0 spiro atoms. The lowest BCUT2D eigenvalue weighted by Gasteiger charge is -2.11. The summed E-state index contributed by atoms with van der Waals surface area (Å²) in [6.45, 7) is 9.15. The highest BCUT2D eigenvalue weighted by Gasteiger charge is 2.32. The van der Waals surface area contributed by atoms with Crippen LogP contribution in [0.4, 0.5) is 0 Å². The number of hydrogen-bond donors (Lipinski definition) is 0. The largest absolute Gasteiger partial charge is 0.465 e. The van der Waals surface area contributed by atoms with Crippen molar-refractivity contribution in [1.29, 1.82) is 0 Å². The second-order valence-corrected chi connectivity index (χ2v) is 6.97. The van der Waals surface area contributed by atoms with Gasteiger partial charge in [0.25, 0.3) is 0 Å². The fourth-order valence-corrected chi connectivity index (χ4v) is 3.51. The molecule has 0 atom stereocenters. The molecule has 0 aliphatic heterocycles. The smallest absolute Gasteiger partial charge is 0.356 e. The molecule has 152 valence electrons. The van der Waals surface area contributed by atoms with Crippen LogP contribution in [-0.2, 0) is 16.0 Å². The van der Waals surface area contributed by atoms with Crippen LogP contribution in [-0.4, -0.2) is 35.1 Å². The van der Waals surface area contributed by atoms with Crippen molar-refractivity contribution in [1.82, 2.24) is 8.97 Å². The summed E-state index contributed by atoms with van der Waals surface area (Å²) >= 11 is 0. The summed E-state index contributed by atoms with van der Waals surface area (Å²) in [4.78, 5) is 25.4. The van der Waals surface area contributed by atoms with Crippen LogP contribution in [0.3, 0.4) is 0 Å². The first kappa shape index (κ1) is 20.5. The SMILES string of the molecule is C=C(c1ccc(C)cc1)c1c(C(=O)OC)c(C(=O)OC)n2ccn(CCCC)c12. The van der Waals surface area contributed by atoms with Crippen molar-refractivity contribution in [2.75, 3.05) is 14.2 Å². The zero-order valence-electron chi connectivity index (χ0n) is 17.3. The standard InChI is InChI=1S/C23H26N2O4/c1-6-7-12-24-13-14-25-20(23(27)29-5)19(22(26)28-4)18(21(24)25)16(3)17-10-8-15(2)9-11-17/h8-11,13-14H,3,6-7,12H2,1-2,4-5H3. The highest BCUT2D eigenvalue weighted by Crippen LogP contribution is 2.34. The Bertz CT molecular complexity index is 1070. The molecule has 0 saturated carbocycles. The number of methoxy groups -OCH3 is 2. The number of unbranched alkanes of at least 4 members (excludes halogenated alkanes) is 1. The zero-order chi connectivity index (χ0) is 21.1. The molecule has 2 aromatic heterocycles. The van der Waals surface area contributed by atoms with Gasteiger partial charge in [-0.3, -0.25) is 4.40 Å². The number of carbonyl (C=O) groups is 2. The van der Waals surface area contributed by atoms with E-state index in [0.29, 0.717) is 11.1 Å². The molecule has 0 N–H and O–H groups in total. The molecule has 2 heterocycles. The van der Waals surface area contributed by atoms with Crippen molar-refractivity contribution >= 4 is 23.2 Å². The fraction of sp³-hybridized carbons (Fsp3) is 0.304. The minimum absolute atomic E-state index is 0.146. The van der Waals surface area contributed by atoms with E-state index in [1.807, 2.05) is 42.0 Å². The van der Waals surface area contributed by atoms with Crippen molar-refractivity contribution in [2.24, 2.45) is 0 Å². The number of aryl methyl sites for hydroxylation is 2. The van der Waals surface area contributed by atoms with Crippen LogP contribution in [0.1, 0.15) is 57.3 Å². The van der Waals surface area contributed by atoms with Gasteiger partial charge in [-0.05, 0) is 24.5 Å². The number of nitrogens with zero attached hydrogens (tertiary/aromatic N) is 2. The van der Waals surface area contributed by atoms with Gasteiger partial charge in [0, 0.05) is 24.5 Å². The minimum Gasteiger partial charge on any atom is -0.465 e. The maximum Gasteiger partial charge on any atom is 0.356 e. The molecule has 29 heavy (non-hydrogen) atoms. The quantitative estimate of drug-likeness (QED) is 0.554. The lowest BCUT2D eigenvalue weighted by atomic mass is 9.96. The Labute approximate surface area is 170 Å². The maximum absolute atomic E-state index is 12.8. The van der Waals surface area contributed by atoms with Crippen LogP contribution in [0.2, 0.25) is 0 Å². The summed E-state index contributed by atoms with van der Waals surface area (Å²) in [6.07, 6.45) is 5.67. The minimum atomic E-state index is -0.600. The van der Waals surface area contributed by atoms with Gasteiger partial charge in [0.2, 0.25) is 0 Å². The Kier molecular flexibility index (Phi) is 5.92. The molecule has 0 aliphatic rings. The number of imidazole rings is 1. The van der Waals surface area contributed by atoms with Crippen molar-refractivity contribution < 1.29 is 19.1 Å². The molecule has 3 aromatic rings. The van der Waals surface area contributed by atoms with Crippen LogP contribution in [0, 0.1) is 6.92 Å². The highest BCUT2D eigenvalue weighted by atomic mass is 16.5. The Morgan fingerprint density at radius 3 is 2.24 bits per heavy atom. The van der Waals surface area contributed by atoms with Crippen LogP contribution in [0.5, 0.6) is 0 Å². The first-order chi connectivity index (χ1) is 13.9. The normalized spacial score (nSPS) is 10.9. The number of fused-ring (bicyclic) bond motifs is 1. The predicted molar refractivity (Wildman–Crippen MR) is 112 cm³/mol. The van der Waals surface area contributed by atoms with Gasteiger partial charge in [0.05, 0.1) is 14.2 Å². The molecule has 0 radical (unpaired) electrons. The van der Waals surface area contributed by atoms with Crippen LogP contribution < -0.4 is 0 Å². The van der Waals surface area contributed by atoms with Gasteiger partial charge in [0.15, 0.2) is 0 Å². The number of hydrogen-bond acceptors (Lipinski definition) is 4. The van der Waals surface area contributed by atoms with Gasteiger partial charge in [-0.2, -0.15) is 0 Å². The first-order valence-corrected chi connectivity index (χ1v) is 9.60. The van der Waals surface area contributed by atoms with E-state index in [9.17, 15) is 9.59 Å². The number of benzene rings is 1. The van der Waals surface area contributed by atoms with Crippen LogP contribution in [0.15, 0.2) is 43.2 Å². The van der Waals surface area contributed by atoms with Gasteiger partial charge >= 0.3 is 11.9 Å². The molecule has 0 bridgehead atoms. The van der Waals surface area contributed by atoms with E-state index >= 15 is 0 Å². The van der Waals surface area contributed by atoms with Crippen molar-refractivity contribution in [3.63, 3.8) is 0 Å². The Morgan fingerprint density at radius 2 is 1.66 bits per heavy atom. The lowest BCUT2D eigenvalue weighted by Crippen LogP contribution is -2.13. The molecule has 1 aromatic carbocycles. The fourth-order valence-electron chi connectivity index (χ4n) is 3.51. The zero-order valence-corrected chi connectivity index (χ0v) is 17.3. The number of aromatic nitrogens is 2. The summed E-state index contributed by atoms with van der Waals surface area (Å²) < 4.78 is 13.7. The number of rotatable bonds is 7. The average molecular weight is 394 g/mol. The van der Waals surface area contributed by atoms with Gasteiger partial charge in [-0.1, -0.05) is 49.8 Å². The van der Waals surface area contributed by atoms with Crippen molar-refractivity contribution in [3.8, 4) is 0 Å². The third-order valence-electron chi connectivity index (χ3n) is 5.07. The predicted octanol–water partition coefficient (Wildman–Crippen LogP) is 4.48. The van der Waals surface area contributed by atoms with Gasteiger partial charge in [-0.15, -0.1) is 0 Å². The monoisotopic (exact) mass is 394 g/mol. The lowest BCUT2D eigenvalue weighted by molar-refractivity contribution is 0.0550. The molecular formula is C23H26N2O4. The molecule has 6 nitrogen and oxygen atoms in total. The number of esters is 2. The van der Waals surface area contributed by atoms with E-state index in [4.69, 9.17) is 9.47 Å². The van der Waals surface area contributed by atoms with Crippen molar-refractivity contribution in [3.05, 3.63) is 71.2 Å². The van der Waals surface area contributed by atoms with E-state index in [2.05, 4.69) is 13.5 Å². The van der Waals surface area contributed by atoms with E-state index in [0.717, 1.165) is 36.2 Å². The third-order valence-corrected chi connectivity index (χ3v) is 5.07. The molecule has 0 amide bonds. The molecule has 0 unspecified atom stereocenters. The summed E-state index contributed by atoms with van der Waals surface area (Å²) in [5, 5.41) is 0. The summed E-state index contributed by atoms with van der Waals surface area (Å²) in [5.41, 5.74) is 4.27. The molecule has 0 fully saturated rings. The van der Waals surface area contributed by atoms with E-state index < -0.39 is 11.9 Å². The van der Waals surface area contributed by atoms with Crippen molar-refractivity contribution in [2.45, 2.75) is 33.2 Å². The Morgan fingerprint density at radius 1 is 1.00 bits per heavy atom. The second kappa shape index (κ2) is 8.39. The summed E-state index contributed by atoms with van der Waals surface area (Å²) in [6, 6.07) is 7.89.